The molecule has 86 valence electrons. The van der Waals surface area contributed by atoms with Crippen LogP contribution in [0.5, 0.6) is 0 Å². The molecule has 1 aromatic carbocycles. The number of benzene rings is 1. The van der Waals surface area contributed by atoms with Crippen LogP contribution in [0.15, 0.2) is 29.3 Å². The van der Waals surface area contributed by atoms with Gasteiger partial charge < -0.3 is 9.80 Å². The van der Waals surface area contributed by atoms with Crippen LogP contribution >= 0.6 is 0 Å². The third-order valence-corrected chi connectivity index (χ3v) is 2.83. The minimum absolute atomic E-state index is 0.826. The molecule has 3 heteroatoms. The molecule has 0 N–H and O–H groups in total. The molecule has 1 aliphatic rings. The lowest BCUT2D eigenvalue weighted by molar-refractivity contribution is 0.600. The molecule has 1 aromatic rings. The number of hydrogen-bond donors (Lipinski definition) is 0. The third kappa shape index (κ3) is 1.90. The van der Waals surface area contributed by atoms with Gasteiger partial charge in [-0.15, -0.1) is 0 Å². The zero-order valence-corrected chi connectivity index (χ0v) is 10.3. The molecule has 0 saturated carbocycles. The lowest BCUT2D eigenvalue weighted by Gasteiger charge is -2.26. The number of para-hydroxylation sites is 1. The lowest BCUT2D eigenvalue weighted by Crippen LogP contribution is -2.39. The smallest absolute Gasteiger partial charge is 0.200 e. The van der Waals surface area contributed by atoms with Gasteiger partial charge in [0.25, 0.3) is 0 Å². The first kappa shape index (κ1) is 11.0. The Morgan fingerprint density at radius 2 is 2.12 bits per heavy atom. The van der Waals surface area contributed by atoms with E-state index in [9.17, 15) is 0 Å². The Balaban J connectivity index is 2.33. The maximum atomic E-state index is 4.57. The van der Waals surface area contributed by atoms with Crippen molar-refractivity contribution in [2.24, 2.45) is 4.99 Å². The highest BCUT2D eigenvalue weighted by Gasteiger charge is 2.23. The Bertz CT molecular complexity index is 396. The lowest BCUT2D eigenvalue weighted by atomic mass is 10.2. The second-order valence-corrected chi connectivity index (χ2v) is 4.20. The summed E-state index contributed by atoms with van der Waals surface area (Å²) in [6, 6.07) is 8.58. The molecule has 16 heavy (non-hydrogen) atoms. The molecule has 0 bridgehead atoms. The van der Waals surface area contributed by atoms with Crippen molar-refractivity contribution < 1.29 is 0 Å². The number of nitrogens with zero attached hydrogens (tertiary/aromatic N) is 3. The van der Waals surface area contributed by atoms with Gasteiger partial charge in [0.1, 0.15) is 0 Å². The Labute approximate surface area is 97.4 Å². The second-order valence-electron chi connectivity index (χ2n) is 4.20. The standard InChI is InChI=1S/C13H19N3/c1-4-14-13(15(2)3)16-10-9-11-7-5-6-8-12(11)16/h5-8H,4,9-10H2,1-3H3. The van der Waals surface area contributed by atoms with E-state index in [4.69, 9.17) is 0 Å². The zero-order chi connectivity index (χ0) is 11.5. The molecule has 0 amide bonds. The van der Waals surface area contributed by atoms with E-state index in [-0.39, 0.29) is 0 Å². The molecule has 0 aromatic heterocycles. The molecule has 0 unspecified atom stereocenters. The van der Waals surface area contributed by atoms with Crippen LogP contribution in [-0.4, -0.2) is 38.0 Å². The van der Waals surface area contributed by atoms with Crippen molar-refractivity contribution in [3.05, 3.63) is 29.8 Å². The molecule has 3 nitrogen and oxygen atoms in total. The van der Waals surface area contributed by atoms with Crippen LogP contribution in [0.25, 0.3) is 0 Å². The molecule has 0 fully saturated rings. The quantitative estimate of drug-likeness (QED) is 0.529. The molecule has 0 spiro atoms. The summed E-state index contributed by atoms with van der Waals surface area (Å²) in [5.74, 6) is 1.06. The molecule has 0 saturated heterocycles. The Morgan fingerprint density at radius 1 is 1.38 bits per heavy atom. The first-order chi connectivity index (χ1) is 7.74. The van der Waals surface area contributed by atoms with Crippen LogP contribution in [0.3, 0.4) is 0 Å². The van der Waals surface area contributed by atoms with Crippen molar-refractivity contribution in [1.29, 1.82) is 0 Å². The Morgan fingerprint density at radius 3 is 2.81 bits per heavy atom. The summed E-state index contributed by atoms with van der Waals surface area (Å²) < 4.78 is 0. The summed E-state index contributed by atoms with van der Waals surface area (Å²) >= 11 is 0. The highest BCUT2D eigenvalue weighted by atomic mass is 15.4. The van der Waals surface area contributed by atoms with Crippen LogP contribution in [0.4, 0.5) is 5.69 Å². The number of aliphatic imine (C=N–C) groups is 1. The second kappa shape index (κ2) is 4.56. The van der Waals surface area contributed by atoms with Gasteiger partial charge in [-0.1, -0.05) is 18.2 Å². The molecule has 0 atom stereocenters. The minimum atomic E-state index is 0.826. The monoisotopic (exact) mass is 217 g/mol. The summed E-state index contributed by atoms with van der Waals surface area (Å²) in [4.78, 5) is 8.97. The summed E-state index contributed by atoms with van der Waals surface area (Å²) in [6.07, 6.45) is 1.12. The van der Waals surface area contributed by atoms with Crippen LogP contribution < -0.4 is 4.90 Å². The van der Waals surface area contributed by atoms with Crippen LogP contribution in [-0.2, 0) is 6.42 Å². The fourth-order valence-electron chi connectivity index (χ4n) is 2.16. The zero-order valence-electron chi connectivity index (χ0n) is 10.3. The predicted molar refractivity (Wildman–Crippen MR) is 69.2 cm³/mol. The van der Waals surface area contributed by atoms with Gasteiger partial charge in [0.05, 0.1) is 0 Å². The molecule has 1 aliphatic heterocycles. The van der Waals surface area contributed by atoms with Gasteiger partial charge >= 0.3 is 0 Å². The first-order valence-electron chi connectivity index (χ1n) is 5.81. The molecule has 0 radical (unpaired) electrons. The van der Waals surface area contributed by atoms with Gasteiger partial charge in [-0.25, -0.2) is 0 Å². The largest absolute Gasteiger partial charge is 0.349 e. The van der Waals surface area contributed by atoms with E-state index in [1.165, 1.54) is 11.3 Å². The normalized spacial score (nSPS) is 15.2. The minimum Gasteiger partial charge on any atom is -0.349 e. The number of fused-ring (bicyclic) bond motifs is 1. The van der Waals surface area contributed by atoms with Crippen LogP contribution in [0, 0.1) is 0 Å². The van der Waals surface area contributed by atoms with Crippen molar-refractivity contribution in [3.8, 4) is 0 Å². The average molecular weight is 217 g/mol. The van der Waals surface area contributed by atoms with E-state index in [1.54, 1.807) is 0 Å². The number of hydrogen-bond acceptors (Lipinski definition) is 1. The highest BCUT2D eigenvalue weighted by Crippen LogP contribution is 2.27. The Kier molecular flexibility index (Phi) is 3.13. The Hall–Kier alpha value is -1.51. The fraction of sp³-hybridized carbons (Fsp3) is 0.462. The first-order valence-corrected chi connectivity index (χ1v) is 5.81. The SMILES string of the molecule is CCN=C(N(C)C)N1CCc2ccccc21. The van der Waals surface area contributed by atoms with Gasteiger partial charge in [0.2, 0.25) is 5.96 Å². The average Bonchev–Trinajstić information content (AvgIpc) is 2.69. The van der Waals surface area contributed by atoms with E-state index in [0.29, 0.717) is 0 Å². The number of anilines is 1. The summed E-state index contributed by atoms with van der Waals surface area (Å²) in [6.45, 7) is 3.94. The fourth-order valence-corrected chi connectivity index (χ4v) is 2.16. The van der Waals surface area contributed by atoms with E-state index in [2.05, 4.69) is 60.1 Å². The van der Waals surface area contributed by atoms with E-state index >= 15 is 0 Å². The van der Waals surface area contributed by atoms with Crippen molar-refractivity contribution in [1.82, 2.24) is 4.90 Å². The van der Waals surface area contributed by atoms with Gasteiger partial charge in [-0.3, -0.25) is 4.99 Å². The van der Waals surface area contributed by atoms with Crippen molar-refractivity contribution in [2.75, 3.05) is 32.1 Å². The van der Waals surface area contributed by atoms with Gasteiger partial charge in [-0.2, -0.15) is 0 Å². The maximum Gasteiger partial charge on any atom is 0.200 e. The maximum absolute atomic E-state index is 4.57. The van der Waals surface area contributed by atoms with Crippen molar-refractivity contribution in [2.45, 2.75) is 13.3 Å². The number of rotatable bonds is 1. The number of guanidine groups is 1. The van der Waals surface area contributed by atoms with Crippen LogP contribution in [0.1, 0.15) is 12.5 Å². The topological polar surface area (TPSA) is 18.8 Å². The summed E-state index contributed by atoms with van der Waals surface area (Å²) in [7, 11) is 4.10. The summed E-state index contributed by atoms with van der Waals surface area (Å²) in [5, 5.41) is 0. The molecule has 2 rings (SSSR count). The molecule has 0 aliphatic carbocycles. The van der Waals surface area contributed by atoms with Crippen LogP contribution in [0.2, 0.25) is 0 Å². The predicted octanol–water partition coefficient (Wildman–Crippen LogP) is 1.99. The molecular weight excluding hydrogens is 198 g/mol. The third-order valence-electron chi connectivity index (χ3n) is 2.83. The van der Waals surface area contributed by atoms with E-state index in [0.717, 1.165) is 25.5 Å². The molecular formula is C13H19N3. The summed E-state index contributed by atoms with van der Waals surface area (Å²) in [5.41, 5.74) is 2.73. The van der Waals surface area contributed by atoms with Gasteiger partial charge in [0.15, 0.2) is 0 Å². The molecule has 1 heterocycles. The highest BCUT2D eigenvalue weighted by molar-refractivity contribution is 5.97. The van der Waals surface area contributed by atoms with Gasteiger partial charge in [0, 0.05) is 32.9 Å². The van der Waals surface area contributed by atoms with E-state index < -0.39 is 0 Å². The van der Waals surface area contributed by atoms with E-state index in [1.807, 2.05) is 0 Å². The van der Waals surface area contributed by atoms with Crippen molar-refractivity contribution >= 4 is 11.6 Å². The van der Waals surface area contributed by atoms with Gasteiger partial charge in [-0.05, 0) is 25.0 Å². The van der Waals surface area contributed by atoms with Crippen molar-refractivity contribution in [3.63, 3.8) is 0 Å².